The summed E-state index contributed by atoms with van der Waals surface area (Å²) in [6, 6.07) is 10.3. The molecule has 86 valence electrons. The Hall–Kier alpha value is -1.35. The van der Waals surface area contributed by atoms with Gasteiger partial charge in [-0.3, -0.25) is 14.2 Å². The fourth-order valence-corrected chi connectivity index (χ4v) is 2.19. The maximum Gasteiger partial charge on any atom is 0.226 e. The first kappa shape index (κ1) is 11.1. The lowest BCUT2D eigenvalue weighted by molar-refractivity contribution is -0.129. The van der Waals surface area contributed by atoms with E-state index in [4.69, 9.17) is 0 Å². The molecule has 1 fully saturated rings. The molecule has 3 heteroatoms. The van der Waals surface area contributed by atoms with E-state index in [-0.39, 0.29) is 0 Å². The minimum absolute atomic E-state index is 0.294. The van der Waals surface area contributed by atoms with Crippen LogP contribution >= 0.6 is 0 Å². The molecule has 0 spiro atoms. The van der Waals surface area contributed by atoms with Crippen molar-refractivity contribution in [1.82, 2.24) is 9.38 Å². The molecule has 1 aromatic rings. The quantitative estimate of drug-likeness (QED) is 0.710. The largest absolute Gasteiger partial charge is 0.295 e. The van der Waals surface area contributed by atoms with Crippen LogP contribution in [0.3, 0.4) is 0 Å². The number of rotatable bonds is 3. The molecule has 0 atom stereocenters. The number of carbonyl (C=O) groups excluding carboxylic acids is 1. The standard InChI is InChI=1S/C13H19N2O/c1-15(2,12-7-4-3-5-8-12)11-14-10-6-9-13(14)16/h3-5,7-8H,6,9-11H2,1-2H3/q+1. The predicted octanol–water partition coefficient (Wildman–Crippen LogP) is 1.83. The molecule has 1 heterocycles. The van der Waals surface area contributed by atoms with Gasteiger partial charge in [0.15, 0.2) is 6.67 Å². The molecule has 2 rings (SSSR count). The van der Waals surface area contributed by atoms with Crippen LogP contribution in [0, 0.1) is 0 Å². The van der Waals surface area contributed by atoms with Crippen molar-refractivity contribution in [2.45, 2.75) is 12.8 Å². The van der Waals surface area contributed by atoms with Crippen LogP contribution in [0.1, 0.15) is 12.8 Å². The van der Waals surface area contributed by atoms with Gasteiger partial charge in [-0.2, -0.15) is 0 Å². The molecular weight excluding hydrogens is 200 g/mol. The number of benzene rings is 1. The molecule has 0 unspecified atom stereocenters. The lowest BCUT2D eigenvalue weighted by Crippen LogP contribution is -2.49. The summed E-state index contributed by atoms with van der Waals surface area (Å²) in [7, 11) is 4.28. The zero-order valence-electron chi connectivity index (χ0n) is 10.0. The Bertz CT molecular complexity index is 373. The summed E-state index contributed by atoms with van der Waals surface area (Å²) >= 11 is 0. The van der Waals surface area contributed by atoms with E-state index >= 15 is 0 Å². The summed E-state index contributed by atoms with van der Waals surface area (Å²) in [6.45, 7) is 1.68. The van der Waals surface area contributed by atoms with E-state index in [1.54, 1.807) is 0 Å². The van der Waals surface area contributed by atoms with Crippen molar-refractivity contribution in [3.05, 3.63) is 30.3 Å². The zero-order valence-corrected chi connectivity index (χ0v) is 10.0. The maximum absolute atomic E-state index is 11.6. The van der Waals surface area contributed by atoms with Crippen LogP contribution < -0.4 is 4.48 Å². The summed E-state index contributed by atoms with van der Waals surface area (Å²) in [4.78, 5) is 13.6. The van der Waals surface area contributed by atoms with E-state index in [9.17, 15) is 4.79 Å². The van der Waals surface area contributed by atoms with Crippen molar-refractivity contribution in [3.63, 3.8) is 0 Å². The molecule has 0 radical (unpaired) electrons. The smallest absolute Gasteiger partial charge is 0.226 e. The van der Waals surface area contributed by atoms with Crippen LogP contribution in [0.25, 0.3) is 0 Å². The van der Waals surface area contributed by atoms with Crippen LogP contribution in [-0.2, 0) is 4.79 Å². The van der Waals surface area contributed by atoms with Crippen molar-refractivity contribution >= 4 is 11.6 Å². The number of amides is 1. The van der Waals surface area contributed by atoms with Gasteiger partial charge < -0.3 is 0 Å². The van der Waals surface area contributed by atoms with Gasteiger partial charge in [-0.1, -0.05) is 18.2 Å². The second-order valence-corrected chi connectivity index (χ2v) is 4.92. The number of hydrogen-bond donors (Lipinski definition) is 0. The van der Waals surface area contributed by atoms with Crippen molar-refractivity contribution < 1.29 is 4.79 Å². The van der Waals surface area contributed by atoms with Gasteiger partial charge in [0.05, 0.1) is 14.1 Å². The highest BCUT2D eigenvalue weighted by atomic mass is 16.2. The van der Waals surface area contributed by atoms with E-state index in [0.29, 0.717) is 5.91 Å². The SMILES string of the molecule is C[N+](C)(CN1CCCC1=O)c1ccccc1. The Morgan fingerprint density at radius 3 is 2.50 bits per heavy atom. The molecule has 16 heavy (non-hydrogen) atoms. The third-order valence-electron chi connectivity index (χ3n) is 3.15. The minimum Gasteiger partial charge on any atom is -0.295 e. The molecular formula is C13H19N2O+. The number of quaternary nitrogens is 1. The molecule has 3 nitrogen and oxygen atoms in total. The molecule has 1 aliphatic rings. The minimum atomic E-state index is 0.294. The second-order valence-electron chi connectivity index (χ2n) is 4.92. The normalized spacial score (nSPS) is 16.9. The third kappa shape index (κ3) is 2.25. The predicted molar refractivity (Wildman–Crippen MR) is 65.9 cm³/mol. The van der Waals surface area contributed by atoms with E-state index in [1.165, 1.54) is 5.69 Å². The summed E-state index contributed by atoms with van der Waals surface area (Å²) in [6.07, 6.45) is 1.72. The highest BCUT2D eigenvalue weighted by molar-refractivity contribution is 5.78. The number of carbonyl (C=O) groups is 1. The Morgan fingerprint density at radius 1 is 1.25 bits per heavy atom. The Morgan fingerprint density at radius 2 is 1.94 bits per heavy atom. The monoisotopic (exact) mass is 219 g/mol. The summed E-state index contributed by atoms with van der Waals surface area (Å²) < 4.78 is 0.729. The van der Waals surface area contributed by atoms with Crippen LogP contribution in [0.5, 0.6) is 0 Å². The molecule has 1 saturated heterocycles. The van der Waals surface area contributed by atoms with Gasteiger partial charge in [0.25, 0.3) is 0 Å². The highest BCUT2D eigenvalue weighted by Gasteiger charge is 2.28. The Balaban J connectivity index is 2.11. The molecule has 0 aliphatic carbocycles. The van der Waals surface area contributed by atoms with E-state index < -0.39 is 0 Å². The van der Waals surface area contributed by atoms with Crippen LogP contribution in [-0.4, -0.2) is 38.1 Å². The second kappa shape index (κ2) is 4.26. The Labute approximate surface area is 96.9 Å². The summed E-state index contributed by atoms with van der Waals surface area (Å²) in [5.74, 6) is 0.294. The van der Waals surface area contributed by atoms with Gasteiger partial charge in [-0.25, -0.2) is 0 Å². The zero-order chi connectivity index (χ0) is 11.6. The van der Waals surface area contributed by atoms with Crippen LogP contribution in [0.15, 0.2) is 30.3 Å². The number of likely N-dealkylation sites (tertiary alicyclic amines) is 1. The fraction of sp³-hybridized carbons (Fsp3) is 0.462. The first-order chi connectivity index (χ1) is 7.59. The lowest BCUT2D eigenvalue weighted by atomic mass is 10.3. The highest BCUT2D eigenvalue weighted by Crippen LogP contribution is 2.20. The average Bonchev–Trinajstić information content (AvgIpc) is 2.65. The third-order valence-corrected chi connectivity index (χ3v) is 3.15. The van der Waals surface area contributed by atoms with Crippen molar-refractivity contribution in [2.75, 3.05) is 27.3 Å². The molecule has 1 aromatic carbocycles. The Kier molecular flexibility index (Phi) is 2.97. The van der Waals surface area contributed by atoms with Crippen LogP contribution in [0.4, 0.5) is 5.69 Å². The van der Waals surface area contributed by atoms with E-state index in [2.05, 4.69) is 26.2 Å². The molecule has 0 saturated carbocycles. The maximum atomic E-state index is 11.6. The number of para-hydroxylation sites is 1. The van der Waals surface area contributed by atoms with Gasteiger partial charge in [0.2, 0.25) is 5.91 Å². The molecule has 1 aliphatic heterocycles. The number of nitrogens with zero attached hydrogens (tertiary/aromatic N) is 2. The molecule has 0 bridgehead atoms. The van der Waals surface area contributed by atoms with Gasteiger partial charge >= 0.3 is 0 Å². The van der Waals surface area contributed by atoms with E-state index in [0.717, 1.165) is 30.5 Å². The molecule has 0 N–H and O–H groups in total. The topological polar surface area (TPSA) is 20.3 Å². The number of hydrogen-bond acceptors (Lipinski definition) is 1. The lowest BCUT2D eigenvalue weighted by Gasteiger charge is -2.33. The fourth-order valence-electron chi connectivity index (χ4n) is 2.19. The van der Waals surface area contributed by atoms with Crippen LogP contribution in [0.2, 0.25) is 0 Å². The van der Waals surface area contributed by atoms with Gasteiger partial charge in [-0.05, 0) is 18.6 Å². The summed E-state index contributed by atoms with van der Waals surface area (Å²) in [5.41, 5.74) is 1.24. The van der Waals surface area contributed by atoms with Gasteiger partial charge in [-0.15, -0.1) is 0 Å². The summed E-state index contributed by atoms with van der Waals surface area (Å²) in [5, 5.41) is 0. The van der Waals surface area contributed by atoms with Crippen molar-refractivity contribution in [2.24, 2.45) is 0 Å². The van der Waals surface area contributed by atoms with Gasteiger partial charge in [0, 0.05) is 13.0 Å². The van der Waals surface area contributed by atoms with E-state index in [1.807, 2.05) is 23.1 Å². The average molecular weight is 219 g/mol. The first-order valence-corrected chi connectivity index (χ1v) is 5.76. The first-order valence-electron chi connectivity index (χ1n) is 5.76. The van der Waals surface area contributed by atoms with Gasteiger partial charge in [0.1, 0.15) is 5.69 Å². The van der Waals surface area contributed by atoms with Crippen molar-refractivity contribution in [3.8, 4) is 0 Å². The molecule has 0 aromatic heterocycles. The van der Waals surface area contributed by atoms with Crippen molar-refractivity contribution in [1.29, 1.82) is 0 Å². The molecule has 1 amide bonds.